The van der Waals surface area contributed by atoms with Crippen molar-refractivity contribution >= 4 is 11.7 Å². The predicted molar refractivity (Wildman–Crippen MR) is 66.3 cm³/mol. The molecule has 0 aliphatic carbocycles. The van der Waals surface area contributed by atoms with Gasteiger partial charge in [0.05, 0.1) is 6.26 Å². The highest BCUT2D eigenvalue weighted by atomic mass is 16.3. The number of ketones is 1. The van der Waals surface area contributed by atoms with E-state index in [0.29, 0.717) is 5.76 Å². The first kappa shape index (κ1) is 12.8. The van der Waals surface area contributed by atoms with Gasteiger partial charge in [-0.05, 0) is 19.2 Å². The molecule has 1 aliphatic rings. The molecular formula is C13H18N2O3. The molecule has 5 heteroatoms. The largest absolute Gasteiger partial charge is 0.461 e. The molecule has 0 spiro atoms. The van der Waals surface area contributed by atoms with E-state index >= 15 is 0 Å². The lowest BCUT2D eigenvalue weighted by molar-refractivity contribution is -0.132. The van der Waals surface area contributed by atoms with Gasteiger partial charge in [0.2, 0.25) is 5.91 Å². The number of rotatable bonds is 4. The summed E-state index contributed by atoms with van der Waals surface area (Å²) in [5, 5.41) is 0. The molecule has 1 aromatic rings. The van der Waals surface area contributed by atoms with E-state index < -0.39 is 0 Å². The van der Waals surface area contributed by atoms with Crippen LogP contribution in [0.15, 0.2) is 22.8 Å². The average Bonchev–Trinajstić information content (AvgIpc) is 2.90. The second-order valence-corrected chi connectivity index (χ2v) is 4.58. The van der Waals surface area contributed by atoms with Crippen molar-refractivity contribution in [2.75, 3.05) is 33.2 Å². The van der Waals surface area contributed by atoms with E-state index in [0.717, 1.165) is 26.2 Å². The van der Waals surface area contributed by atoms with Crippen molar-refractivity contribution in [3.05, 3.63) is 24.2 Å². The van der Waals surface area contributed by atoms with Gasteiger partial charge in [0.25, 0.3) is 0 Å². The van der Waals surface area contributed by atoms with Crippen LogP contribution in [0.2, 0.25) is 0 Å². The van der Waals surface area contributed by atoms with Crippen LogP contribution in [0.5, 0.6) is 0 Å². The standard InChI is InChI=1S/C13H18N2O3/c1-14-6-8-15(9-7-14)13(17)5-4-11(16)12-3-2-10-18-12/h2-3,10H,4-9H2,1H3. The molecule has 1 fully saturated rings. The van der Waals surface area contributed by atoms with Gasteiger partial charge in [0, 0.05) is 39.0 Å². The molecule has 1 aromatic heterocycles. The van der Waals surface area contributed by atoms with Gasteiger partial charge >= 0.3 is 0 Å². The number of nitrogens with zero attached hydrogens (tertiary/aromatic N) is 2. The molecule has 0 unspecified atom stereocenters. The predicted octanol–water partition coefficient (Wildman–Crippen LogP) is 1.02. The molecule has 98 valence electrons. The summed E-state index contributed by atoms with van der Waals surface area (Å²) < 4.78 is 5.01. The second kappa shape index (κ2) is 5.82. The Morgan fingerprint density at radius 3 is 2.56 bits per heavy atom. The minimum atomic E-state index is -0.109. The highest BCUT2D eigenvalue weighted by molar-refractivity contribution is 5.95. The third-order valence-electron chi connectivity index (χ3n) is 3.22. The van der Waals surface area contributed by atoms with Gasteiger partial charge in [-0.15, -0.1) is 0 Å². The maximum absolute atomic E-state index is 11.9. The van der Waals surface area contributed by atoms with E-state index in [2.05, 4.69) is 4.90 Å². The Hall–Kier alpha value is -1.62. The second-order valence-electron chi connectivity index (χ2n) is 4.58. The Morgan fingerprint density at radius 2 is 1.94 bits per heavy atom. The van der Waals surface area contributed by atoms with Crippen LogP contribution in [0.25, 0.3) is 0 Å². The molecule has 0 radical (unpaired) electrons. The smallest absolute Gasteiger partial charge is 0.223 e. The molecule has 1 aliphatic heterocycles. The van der Waals surface area contributed by atoms with Crippen LogP contribution in [0, 0.1) is 0 Å². The number of hydrogen-bond acceptors (Lipinski definition) is 4. The minimum Gasteiger partial charge on any atom is -0.461 e. The lowest BCUT2D eigenvalue weighted by Gasteiger charge is -2.32. The van der Waals surface area contributed by atoms with Crippen molar-refractivity contribution in [3.63, 3.8) is 0 Å². The van der Waals surface area contributed by atoms with Gasteiger partial charge in [0.15, 0.2) is 11.5 Å². The van der Waals surface area contributed by atoms with Gasteiger partial charge < -0.3 is 14.2 Å². The Balaban J connectivity index is 1.76. The zero-order valence-corrected chi connectivity index (χ0v) is 10.6. The van der Waals surface area contributed by atoms with Crippen molar-refractivity contribution in [1.29, 1.82) is 0 Å². The van der Waals surface area contributed by atoms with E-state index in [-0.39, 0.29) is 24.5 Å². The van der Waals surface area contributed by atoms with Crippen LogP contribution < -0.4 is 0 Å². The summed E-state index contributed by atoms with van der Waals surface area (Å²) in [4.78, 5) is 27.6. The van der Waals surface area contributed by atoms with Gasteiger partial charge in [0.1, 0.15) is 0 Å². The fourth-order valence-corrected chi connectivity index (χ4v) is 1.99. The van der Waals surface area contributed by atoms with E-state index in [9.17, 15) is 9.59 Å². The topological polar surface area (TPSA) is 53.8 Å². The van der Waals surface area contributed by atoms with E-state index in [1.54, 1.807) is 12.1 Å². The van der Waals surface area contributed by atoms with E-state index in [1.807, 2.05) is 11.9 Å². The monoisotopic (exact) mass is 250 g/mol. The van der Waals surface area contributed by atoms with Crippen LogP contribution in [0.3, 0.4) is 0 Å². The molecule has 0 atom stereocenters. The number of furan rings is 1. The van der Waals surface area contributed by atoms with Gasteiger partial charge in [-0.2, -0.15) is 0 Å². The molecular weight excluding hydrogens is 232 g/mol. The first-order chi connectivity index (χ1) is 8.66. The van der Waals surface area contributed by atoms with Crippen LogP contribution >= 0.6 is 0 Å². The summed E-state index contributed by atoms with van der Waals surface area (Å²) in [5.41, 5.74) is 0. The Kier molecular flexibility index (Phi) is 4.15. The summed E-state index contributed by atoms with van der Waals surface area (Å²) in [5.74, 6) is 0.284. The summed E-state index contributed by atoms with van der Waals surface area (Å²) >= 11 is 0. The molecule has 2 rings (SSSR count). The fourth-order valence-electron chi connectivity index (χ4n) is 1.99. The maximum atomic E-state index is 11.9. The zero-order valence-electron chi connectivity index (χ0n) is 10.6. The molecule has 0 saturated carbocycles. The summed E-state index contributed by atoms with van der Waals surface area (Å²) in [6.07, 6.45) is 1.96. The van der Waals surface area contributed by atoms with Crippen molar-refractivity contribution in [1.82, 2.24) is 9.80 Å². The molecule has 0 N–H and O–H groups in total. The Labute approximate surface area is 106 Å². The van der Waals surface area contributed by atoms with Crippen LogP contribution in [-0.2, 0) is 4.79 Å². The quantitative estimate of drug-likeness (QED) is 0.749. The van der Waals surface area contributed by atoms with Gasteiger partial charge in [-0.1, -0.05) is 0 Å². The number of carbonyl (C=O) groups is 2. The summed E-state index contributed by atoms with van der Waals surface area (Å²) in [7, 11) is 2.04. The Bertz CT molecular complexity index is 406. The highest BCUT2D eigenvalue weighted by Gasteiger charge is 2.20. The molecule has 18 heavy (non-hydrogen) atoms. The number of piperazine rings is 1. The van der Waals surface area contributed by atoms with Gasteiger partial charge in [-0.25, -0.2) is 0 Å². The lowest BCUT2D eigenvalue weighted by atomic mass is 10.1. The van der Waals surface area contributed by atoms with Crippen LogP contribution in [0.1, 0.15) is 23.4 Å². The van der Waals surface area contributed by atoms with Crippen molar-refractivity contribution in [2.24, 2.45) is 0 Å². The normalized spacial score (nSPS) is 16.8. The third-order valence-corrected chi connectivity index (χ3v) is 3.22. The number of likely N-dealkylation sites (N-methyl/N-ethyl adjacent to an activating group) is 1. The Morgan fingerprint density at radius 1 is 1.22 bits per heavy atom. The molecule has 1 saturated heterocycles. The zero-order chi connectivity index (χ0) is 13.0. The molecule has 2 heterocycles. The van der Waals surface area contributed by atoms with E-state index in [4.69, 9.17) is 4.42 Å². The molecule has 0 bridgehead atoms. The first-order valence-electron chi connectivity index (χ1n) is 6.20. The van der Waals surface area contributed by atoms with Crippen molar-refractivity contribution in [3.8, 4) is 0 Å². The SMILES string of the molecule is CN1CCN(C(=O)CCC(=O)c2ccco2)CC1. The van der Waals surface area contributed by atoms with E-state index in [1.165, 1.54) is 6.26 Å². The lowest BCUT2D eigenvalue weighted by Crippen LogP contribution is -2.47. The minimum absolute atomic E-state index is 0.0583. The van der Waals surface area contributed by atoms with Gasteiger partial charge in [-0.3, -0.25) is 9.59 Å². The number of carbonyl (C=O) groups excluding carboxylic acids is 2. The highest BCUT2D eigenvalue weighted by Crippen LogP contribution is 2.08. The summed E-state index contributed by atoms with van der Waals surface area (Å²) in [6.45, 7) is 3.31. The number of amides is 1. The van der Waals surface area contributed by atoms with Crippen LogP contribution in [0.4, 0.5) is 0 Å². The summed E-state index contributed by atoms with van der Waals surface area (Å²) in [6, 6.07) is 3.30. The number of Topliss-reactive ketones (excluding diaryl/α,β-unsaturated/α-hetero) is 1. The van der Waals surface area contributed by atoms with Crippen LogP contribution in [-0.4, -0.2) is 54.7 Å². The average molecular weight is 250 g/mol. The third kappa shape index (κ3) is 3.20. The molecule has 5 nitrogen and oxygen atoms in total. The fraction of sp³-hybridized carbons (Fsp3) is 0.538. The van der Waals surface area contributed by atoms with Crippen molar-refractivity contribution < 1.29 is 14.0 Å². The number of hydrogen-bond donors (Lipinski definition) is 0. The van der Waals surface area contributed by atoms with Crippen molar-refractivity contribution in [2.45, 2.75) is 12.8 Å². The molecule has 1 amide bonds. The first-order valence-corrected chi connectivity index (χ1v) is 6.20. The maximum Gasteiger partial charge on any atom is 0.223 e. The molecule has 0 aromatic carbocycles.